The number of carbonyl (C=O) groups is 1. The largest absolute Gasteiger partial charge is 0.478 e. The molecule has 2 aromatic rings. The molecule has 1 aromatic carbocycles. The Hall–Kier alpha value is -1.98. The van der Waals surface area contributed by atoms with E-state index < -0.39 is 12.5 Å². The number of fused-ring (bicyclic) bond motifs is 1. The summed E-state index contributed by atoms with van der Waals surface area (Å²) >= 11 is 0. The molecular formula is C9H6F2N2O2. The van der Waals surface area contributed by atoms with Gasteiger partial charge >= 0.3 is 12.5 Å². The van der Waals surface area contributed by atoms with Gasteiger partial charge < -0.3 is 5.11 Å². The number of halogens is 2. The zero-order valence-electron chi connectivity index (χ0n) is 7.39. The first kappa shape index (κ1) is 9.57. The number of aromatic carboxylic acids is 1. The van der Waals surface area contributed by atoms with Crippen molar-refractivity contribution in [3.05, 3.63) is 30.0 Å². The molecule has 2 rings (SSSR count). The van der Waals surface area contributed by atoms with Gasteiger partial charge in [-0.2, -0.15) is 13.9 Å². The Bertz CT molecular complexity index is 522. The normalized spacial score (nSPS) is 11.1. The van der Waals surface area contributed by atoms with Crippen LogP contribution < -0.4 is 0 Å². The first-order chi connectivity index (χ1) is 7.08. The van der Waals surface area contributed by atoms with E-state index >= 15 is 0 Å². The van der Waals surface area contributed by atoms with E-state index in [9.17, 15) is 13.6 Å². The van der Waals surface area contributed by atoms with E-state index in [1.807, 2.05) is 0 Å². The van der Waals surface area contributed by atoms with Crippen LogP contribution in [0.4, 0.5) is 8.78 Å². The molecule has 4 nitrogen and oxygen atoms in total. The number of nitrogens with zero attached hydrogens (tertiary/aromatic N) is 2. The molecule has 0 unspecified atom stereocenters. The number of aromatic nitrogens is 2. The van der Waals surface area contributed by atoms with Gasteiger partial charge in [-0.3, -0.25) is 0 Å². The highest BCUT2D eigenvalue weighted by atomic mass is 19.3. The molecule has 0 spiro atoms. The van der Waals surface area contributed by atoms with Gasteiger partial charge in [-0.25, -0.2) is 9.48 Å². The Balaban J connectivity index is 2.57. The molecule has 1 aromatic heterocycles. The maximum atomic E-state index is 12.2. The lowest BCUT2D eigenvalue weighted by molar-refractivity contribution is 0.0573. The van der Waals surface area contributed by atoms with Gasteiger partial charge in [-0.15, -0.1) is 0 Å². The first-order valence-corrected chi connectivity index (χ1v) is 4.08. The molecule has 15 heavy (non-hydrogen) atoms. The molecule has 0 bridgehead atoms. The fourth-order valence-electron chi connectivity index (χ4n) is 1.27. The summed E-state index contributed by atoms with van der Waals surface area (Å²) in [6, 6.07) is 4.06. The second-order valence-electron chi connectivity index (χ2n) is 2.97. The van der Waals surface area contributed by atoms with Gasteiger partial charge in [0.05, 0.1) is 11.1 Å². The van der Waals surface area contributed by atoms with Gasteiger partial charge in [0.25, 0.3) is 0 Å². The third kappa shape index (κ3) is 1.65. The summed E-state index contributed by atoms with van der Waals surface area (Å²) in [4.78, 5) is 10.6. The summed E-state index contributed by atoms with van der Waals surface area (Å²) < 4.78 is 25.0. The smallest absolute Gasteiger partial charge is 0.335 e. The van der Waals surface area contributed by atoms with Gasteiger partial charge in [0.1, 0.15) is 0 Å². The predicted molar refractivity (Wildman–Crippen MR) is 47.9 cm³/mol. The van der Waals surface area contributed by atoms with Gasteiger partial charge in [-0.1, -0.05) is 6.07 Å². The number of carboxylic acid groups (broad SMARTS) is 1. The van der Waals surface area contributed by atoms with Crippen LogP contribution in [-0.2, 0) is 0 Å². The lowest BCUT2D eigenvalue weighted by atomic mass is 10.2. The Morgan fingerprint density at radius 1 is 1.47 bits per heavy atom. The highest BCUT2D eigenvalue weighted by molar-refractivity contribution is 5.92. The highest BCUT2D eigenvalue weighted by Crippen LogP contribution is 2.18. The monoisotopic (exact) mass is 212 g/mol. The molecule has 0 aliphatic carbocycles. The van der Waals surface area contributed by atoms with Crippen LogP contribution >= 0.6 is 0 Å². The van der Waals surface area contributed by atoms with Crippen LogP contribution in [0.5, 0.6) is 0 Å². The van der Waals surface area contributed by atoms with Crippen LogP contribution in [0.1, 0.15) is 16.9 Å². The number of alkyl halides is 2. The SMILES string of the molecule is O=C(O)c1ccc2cn(C(F)F)nc2c1. The molecule has 0 aliphatic rings. The van der Waals surface area contributed by atoms with Crippen LogP contribution in [-0.4, -0.2) is 20.9 Å². The van der Waals surface area contributed by atoms with Gasteiger partial charge in [0, 0.05) is 11.6 Å². The van der Waals surface area contributed by atoms with E-state index in [0.717, 1.165) is 0 Å². The van der Waals surface area contributed by atoms with Crippen molar-refractivity contribution in [2.45, 2.75) is 6.55 Å². The van der Waals surface area contributed by atoms with Crippen molar-refractivity contribution in [1.29, 1.82) is 0 Å². The van der Waals surface area contributed by atoms with Crippen molar-refractivity contribution in [3.63, 3.8) is 0 Å². The molecule has 78 valence electrons. The molecule has 0 amide bonds. The van der Waals surface area contributed by atoms with E-state index in [2.05, 4.69) is 5.10 Å². The minimum atomic E-state index is -2.72. The average molecular weight is 212 g/mol. The summed E-state index contributed by atoms with van der Waals surface area (Å²) in [6.07, 6.45) is 1.17. The summed E-state index contributed by atoms with van der Waals surface area (Å²) in [5, 5.41) is 12.7. The fourth-order valence-corrected chi connectivity index (χ4v) is 1.27. The summed E-state index contributed by atoms with van der Waals surface area (Å²) in [6.45, 7) is -2.72. The number of hydrogen-bond donors (Lipinski definition) is 1. The van der Waals surface area contributed by atoms with Crippen LogP contribution in [0.25, 0.3) is 10.9 Å². The van der Waals surface area contributed by atoms with Crippen molar-refractivity contribution in [2.24, 2.45) is 0 Å². The van der Waals surface area contributed by atoms with Crippen LogP contribution in [0, 0.1) is 0 Å². The highest BCUT2D eigenvalue weighted by Gasteiger charge is 2.10. The predicted octanol–water partition coefficient (Wildman–Crippen LogP) is 2.13. The lowest BCUT2D eigenvalue weighted by Crippen LogP contribution is -1.97. The van der Waals surface area contributed by atoms with E-state index in [1.165, 1.54) is 24.4 Å². The quantitative estimate of drug-likeness (QED) is 0.829. The molecular weight excluding hydrogens is 206 g/mol. The maximum absolute atomic E-state index is 12.2. The molecule has 0 aliphatic heterocycles. The van der Waals surface area contributed by atoms with Gasteiger partial charge in [0.2, 0.25) is 0 Å². The molecule has 0 radical (unpaired) electrons. The Morgan fingerprint density at radius 2 is 2.20 bits per heavy atom. The third-order valence-corrected chi connectivity index (χ3v) is 1.97. The maximum Gasteiger partial charge on any atom is 0.335 e. The van der Waals surface area contributed by atoms with Crippen molar-refractivity contribution in [2.75, 3.05) is 0 Å². The van der Waals surface area contributed by atoms with Crippen molar-refractivity contribution < 1.29 is 18.7 Å². The number of benzene rings is 1. The topological polar surface area (TPSA) is 55.1 Å². The van der Waals surface area contributed by atoms with Gasteiger partial charge in [0.15, 0.2) is 0 Å². The number of hydrogen-bond acceptors (Lipinski definition) is 2. The van der Waals surface area contributed by atoms with Gasteiger partial charge in [-0.05, 0) is 12.1 Å². The third-order valence-electron chi connectivity index (χ3n) is 1.97. The van der Waals surface area contributed by atoms with Crippen LogP contribution in [0.2, 0.25) is 0 Å². The molecule has 0 saturated heterocycles. The molecule has 1 N–H and O–H groups in total. The zero-order chi connectivity index (χ0) is 11.0. The number of carboxylic acids is 1. The van der Waals surface area contributed by atoms with E-state index in [0.29, 0.717) is 10.1 Å². The Morgan fingerprint density at radius 3 is 2.80 bits per heavy atom. The van der Waals surface area contributed by atoms with E-state index in [1.54, 1.807) is 0 Å². The summed E-state index contributed by atoms with van der Waals surface area (Å²) in [5.41, 5.74) is 0.275. The molecule has 1 heterocycles. The fraction of sp³-hybridized carbons (Fsp3) is 0.111. The average Bonchev–Trinajstić information content (AvgIpc) is 2.59. The second-order valence-corrected chi connectivity index (χ2v) is 2.97. The molecule has 0 fully saturated rings. The second kappa shape index (κ2) is 3.30. The van der Waals surface area contributed by atoms with Crippen molar-refractivity contribution in [3.8, 4) is 0 Å². The molecule has 0 saturated carbocycles. The van der Waals surface area contributed by atoms with Crippen molar-refractivity contribution >= 4 is 16.9 Å². The van der Waals surface area contributed by atoms with E-state index in [4.69, 9.17) is 5.11 Å². The number of rotatable bonds is 2. The lowest BCUT2D eigenvalue weighted by Gasteiger charge is -1.94. The standard InChI is InChI=1S/C9H6F2N2O2/c10-9(11)13-4-6-2-1-5(8(14)15)3-7(6)12-13/h1-4,9H,(H,14,15). The van der Waals surface area contributed by atoms with Crippen LogP contribution in [0.15, 0.2) is 24.4 Å². The van der Waals surface area contributed by atoms with E-state index in [-0.39, 0.29) is 11.1 Å². The minimum absolute atomic E-state index is 0.0296. The van der Waals surface area contributed by atoms with Crippen LogP contribution in [0.3, 0.4) is 0 Å². The Kier molecular flexibility index (Phi) is 2.11. The molecule has 0 atom stereocenters. The zero-order valence-corrected chi connectivity index (χ0v) is 7.39. The first-order valence-electron chi connectivity index (χ1n) is 4.08. The Labute approximate surface area is 82.7 Å². The summed E-state index contributed by atoms with van der Waals surface area (Å²) in [7, 11) is 0. The minimum Gasteiger partial charge on any atom is -0.478 e. The summed E-state index contributed by atoms with van der Waals surface area (Å²) in [5.74, 6) is -1.11. The van der Waals surface area contributed by atoms with Crippen molar-refractivity contribution in [1.82, 2.24) is 9.78 Å². The molecule has 6 heteroatoms.